The number of likely N-dealkylation sites (tertiary alicyclic amines) is 1. The van der Waals surface area contributed by atoms with E-state index in [9.17, 15) is 14.4 Å². The van der Waals surface area contributed by atoms with Crippen LogP contribution >= 0.6 is 0 Å². The Balaban J connectivity index is 1.87. The van der Waals surface area contributed by atoms with Gasteiger partial charge in [0.05, 0.1) is 12.5 Å². The van der Waals surface area contributed by atoms with Crippen molar-refractivity contribution in [1.29, 1.82) is 0 Å². The summed E-state index contributed by atoms with van der Waals surface area (Å²) in [5.74, 6) is -0.380. The van der Waals surface area contributed by atoms with Gasteiger partial charge in [-0.3, -0.25) is 19.3 Å². The van der Waals surface area contributed by atoms with Gasteiger partial charge in [-0.1, -0.05) is 6.07 Å². The fourth-order valence-corrected chi connectivity index (χ4v) is 1.92. The number of aromatic nitrogens is 1. The molecule has 2 heterocycles. The minimum Gasteiger partial charge on any atom is -0.314 e. The lowest BCUT2D eigenvalue weighted by Crippen LogP contribution is -2.39. The molecule has 0 radical (unpaired) electrons. The van der Waals surface area contributed by atoms with E-state index >= 15 is 0 Å². The highest BCUT2D eigenvalue weighted by Crippen LogP contribution is 2.09. The summed E-state index contributed by atoms with van der Waals surface area (Å²) < 4.78 is 1.55. The minimum atomic E-state index is -0.457. The van der Waals surface area contributed by atoms with Crippen molar-refractivity contribution in [3.8, 4) is 0 Å². The SMILES string of the molecule is CN1C(=O)CC(NCCn2ccccc2=O)C1=O. The van der Waals surface area contributed by atoms with E-state index in [1.54, 1.807) is 22.9 Å². The Labute approximate surface area is 104 Å². The molecule has 1 aliphatic rings. The van der Waals surface area contributed by atoms with E-state index < -0.39 is 6.04 Å². The molecule has 6 nitrogen and oxygen atoms in total. The highest BCUT2D eigenvalue weighted by Gasteiger charge is 2.35. The molecule has 1 aromatic heterocycles. The maximum atomic E-state index is 11.6. The second kappa shape index (κ2) is 5.14. The summed E-state index contributed by atoms with van der Waals surface area (Å²) in [6.45, 7) is 0.947. The molecule has 1 unspecified atom stereocenters. The number of hydrogen-bond acceptors (Lipinski definition) is 4. The molecule has 6 heteroatoms. The quantitative estimate of drug-likeness (QED) is 0.709. The summed E-state index contributed by atoms with van der Waals surface area (Å²) in [6.07, 6.45) is 1.89. The van der Waals surface area contributed by atoms with Gasteiger partial charge in [0.1, 0.15) is 0 Å². The monoisotopic (exact) mass is 249 g/mol. The van der Waals surface area contributed by atoms with Crippen LogP contribution in [0.2, 0.25) is 0 Å². The Bertz CT molecular complexity index is 523. The van der Waals surface area contributed by atoms with Crippen molar-refractivity contribution in [2.24, 2.45) is 0 Å². The van der Waals surface area contributed by atoms with Crippen molar-refractivity contribution in [3.05, 3.63) is 34.7 Å². The zero-order chi connectivity index (χ0) is 13.1. The van der Waals surface area contributed by atoms with E-state index in [1.807, 2.05) is 0 Å². The first-order chi connectivity index (χ1) is 8.59. The molecule has 0 saturated carbocycles. The molecular weight excluding hydrogens is 234 g/mol. The molecule has 1 saturated heterocycles. The number of nitrogens with one attached hydrogen (secondary N) is 1. The maximum absolute atomic E-state index is 11.6. The predicted octanol–water partition coefficient (Wildman–Crippen LogP) is -0.805. The van der Waals surface area contributed by atoms with Crippen molar-refractivity contribution >= 4 is 11.8 Å². The van der Waals surface area contributed by atoms with E-state index in [-0.39, 0.29) is 23.8 Å². The molecular formula is C12H15N3O3. The van der Waals surface area contributed by atoms with Gasteiger partial charge >= 0.3 is 0 Å². The molecule has 18 heavy (non-hydrogen) atoms. The fraction of sp³-hybridized carbons (Fsp3) is 0.417. The van der Waals surface area contributed by atoms with Crippen molar-refractivity contribution < 1.29 is 9.59 Å². The highest BCUT2D eigenvalue weighted by molar-refractivity contribution is 6.05. The largest absolute Gasteiger partial charge is 0.314 e. The van der Waals surface area contributed by atoms with Gasteiger partial charge < -0.3 is 9.88 Å². The third kappa shape index (κ3) is 2.48. The molecule has 2 amide bonds. The summed E-state index contributed by atoms with van der Waals surface area (Å²) in [4.78, 5) is 35.4. The molecule has 96 valence electrons. The van der Waals surface area contributed by atoms with E-state index in [4.69, 9.17) is 0 Å². The van der Waals surface area contributed by atoms with Gasteiger partial charge in [-0.2, -0.15) is 0 Å². The molecule has 0 aromatic carbocycles. The Kier molecular flexibility index (Phi) is 3.57. The van der Waals surface area contributed by atoms with Gasteiger partial charge in [0.15, 0.2) is 0 Å². The fourth-order valence-electron chi connectivity index (χ4n) is 1.92. The smallest absolute Gasteiger partial charge is 0.250 e. The van der Waals surface area contributed by atoms with Gasteiger partial charge in [0.25, 0.3) is 5.56 Å². The van der Waals surface area contributed by atoms with E-state index in [0.717, 1.165) is 4.90 Å². The average Bonchev–Trinajstić information content (AvgIpc) is 2.60. The summed E-state index contributed by atoms with van der Waals surface area (Å²) >= 11 is 0. The summed E-state index contributed by atoms with van der Waals surface area (Å²) in [6, 6.07) is 4.49. The normalized spacial score (nSPS) is 19.6. The van der Waals surface area contributed by atoms with Crippen LogP contribution in [0, 0.1) is 0 Å². The van der Waals surface area contributed by atoms with Gasteiger partial charge in [-0.15, -0.1) is 0 Å². The first-order valence-corrected chi connectivity index (χ1v) is 5.79. The maximum Gasteiger partial charge on any atom is 0.250 e. The van der Waals surface area contributed by atoms with Gasteiger partial charge in [0.2, 0.25) is 11.8 Å². The Morgan fingerprint density at radius 1 is 1.33 bits per heavy atom. The molecule has 1 N–H and O–H groups in total. The first kappa shape index (κ1) is 12.5. The van der Waals surface area contributed by atoms with E-state index in [0.29, 0.717) is 13.1 Å². The van der Waals surface area contributed by atoms with Gasteiger partial charge in [-0.05, 0) is 6.07 Å². The number of pyridine rings is 1. The lowest BCUT2D eigenvalue weighted by molar-refractivity contribution is -0.137. The lowest BCUT2D eigenvalue weighted by atomic mass is 10.2. The molecule has 1 fully saturated rings. The third-order valence-electron chi connectivity index (χ3n) is 3.02. The second-order valence-corrected chi connectivity index (χ2v) is 4.23. The number of likely N-dealkylation sites (N-methyl/N-ethyl adjacent to an activating group) is 1. The van der Waals surface area contributed by atoms with Crippen LogP contribution in [0.25, 0.3) is 0 Å². The molecule has 1 aliphatic heterocycles. The number of carbonyl (C=O) groups excluding carboxylic acids is 2. The minimum absolute atomic E-state index is 0.0785. The number of hydrogen-bond donors (Lipinski definition) is 1. The van der Waals surface area contributed by atoms with Crippen molar-refractivity contribution in [2.45, 2.75) is 19.0 Å². The van der Waals surface area contributed by atoms with Crippen molar-refractivity contribution in [2.75, 3.05) is 13.6 Å². The lowest BCUT2D eigenvalue weighted by Gasteiger charge is -2.11. The van der Waals surface area contributed by atoms with Crippen LogP contribution in [-0.2, 0) is 16.1 Å². The van der Waals surface area contributed by atoms with Crippen molar-refractivity contribution in [3.63, 3.8) is 0 Å². The molecule has 0 aliphatic carbocycles. The van der Waals surface area contributed by atoms with Gasteiger partial charge in [-0.25, -0.2) is 0 Å². The predicted molar refractivity (Wildman–Crippen MR) is 64.9 cm³/mol. The number of amides is 2. The highest BCUT2D eigenvalue weighted by atomic mass is 16.2. The summed E-state index contributed by atoms with van der Waals surface area (Å²) in [7, 11) is 1.48. The third-order valence-corrected chi connectivity index (χ3v) is 3.02. The Hall–Kier alpha value is -1.95. The van der Waals surface area contributed by atoms with Crippen LogP contribution in [0.4, 0.5) is 0 Å². The molecule has 0 bridgehead atoms. The van der Waals surface area contributed by atoms with E-state index in [2.05, 4.69) is 5.32 Å². The topological polar surface area (TPSA) is 71.4 Å². The molecule has 2 rings (SSSR count). The van der Waals surface area contributed by atoms with Crippen LogP contribution in [0.3, 0.4) is 0 Å². The average molecular weight is 249 g/mol. The molecule has 0 spiro atoms. The zero-order valence-electron chi connectivity index (χ0n) is 10.1. The number of carbonyl (C=O) groups is 2. The number of nitrogens with zero attached hydrogens (tertiary/aromatic N) is 2. The van der Waals surface area contributed by atoms with Crippen LogP contribution < -0.4 is 10.9 Å². The first-order valence-electron chi connectivity index (χ1n) is 5.79. The van der Waals surface area contributed by atoms with Crippen molar-refractivity contribution in [1.82, 2.24) is 14.8 Å². The molecule has 1 aromatic rings. The second-order valence-electron chi connectivity index (χ2n) is 4.23. The standard InChI is InChI=1S/C12H15N3O3/c1-14-11(17)8-9(12(14)18)13-5-7-15-6-3-2-4-10(15)16/h2-4,6,9,13H,5,7-8H2,1H3. The Morgan fingerprint density at radius 3 is 2.72 bits per heavy atom. The van der Waals surface area contributed by atoms with E-state index in [1.165, 1.54) is 13.1 Å². The molecule has 1 atom stereocenters. The number of imide groups is 1. The van der Waals surface area contributed by atoms with Gasteiger partial charge in [0, 0.05) is 32.4 Å². The number of rotatable bonds is 4. The van der Waals surface area contributed by atoms with Crippen LogP contribution in [0.15, 0.2) is 29.2 Å². The zero-order valence-corrected chi connectivity index (χ0v) is 10.1. The van der Waals surface area contributed by atoms with Crippen LogP contribution in [0.1, 0.15) is 6.42 Å². The summed E-state index contributed by atoms with van der Waals surface area (Å²) in [5, 5.41) is 3.00. The summed E-state index contributed by atoms with van der Waals surface area (Å²) in [5.41, 5.74) is -0.0785. The van der Waals surface area contributed by atoms with Crippen LogP contribution in [-0.4, -0.2) is 40.9 Å². The Morgan fingerprint density at radius 2 is 2.11 bits per heavy atom. The van der Waals surface area contributed by atoms with Crippen LogP contribution in [0.5, 0.6) is 0 Å².